The summed E-state index contributed by atoms with van der Waals surface area (Å²) >= 11 is 3.53. The molecule has 9 heteroatoms. The minimum atomic E-state index is -0.277. The predicted octanol–water partition coefficient (Wildman–Crippen LogP) is 6.02. The highest BCUT2D eigenvalue weighted by Crippen LogP contribution is 2.36. The first-order chi connectivity index (χ1) is 19.1. The van der Waals surface area contributed by atoms with E-state index < -0.39 is 0 Å². The molecule has 0 radical (unpaired) electrons. The molecule has 0 atom stereocenters. The second-order valence-corrected chi connectivity index (χ2v) is 9.60. The number of benzene rings is 4. The number of hydrogen-bond acceptors (Lipinski definition) is 7. The summed E-state index contributed by atoms with van der Waals surface area (Å²) in [5, 5.41) is 5.08. The lowest BCUT2D eigenvalue weighted by Crippen LogP contribution is -2.20. The summed E-state index contributed by atoms with van der Waals surface area (Å²) in [5.74, 6) is 2.80. The van der Waals surface area contributed by atoms with Crippen molar-refractivity contribution in [3.8, 4) is 34.4 Å². The first kappa shape index (κ1) is 24.7. The van der Waals surface area contributed by atoms with Gasteiger partial charge in [-0.25, -0.2) is 4.98 Å². The lowest BCUT2D eigenvalue weighted by atomic mass is 10.2. The third kappa shape index (κ3) is 4.96. The molecule has 0 fully saturated rings. The number of halogens is 1. The van der Waals surface area contributed by atoms with Crippen LogP contribution in [0.25, 0.3) is 22.3 Å². The standard InChI is InChI=1S/C30H22BrN3O5/c1-36-27-15-22(31)14-21(28(27)37-17-19-11-12-25-26(13-19)39-18-38-25)16-32-34-29(20-7-3-2-4-8-20)33-24-10-6-5-9-23(24)30(34)35/h2-16H,17-18H2,1H3. The highest BCUT2D eigenvalue weighted by molar-refractivity contribution is 9.10. The van der Waals surface area contributed by atoms with Crippen LogP contribution in [0.4, 0.5) is 0 Å². The van der Waals surface area contributed by atoms with E-state index in [0.717, 1.165) is 15.6 Å². The summed E-state index contributed by atoms with van der Waals surface area (Å²) in [5.41, 5.74) is 2.60. The fourth-order valence-corrected chi connectivity index (χ4v) is 4.76. The molecule has 0 saturated carbocycles. The highest BCUT2D eigenvalue weighted by Gasteiger charge is 2.17. The van der Waals surface area contributed by atoms with Crippen molar-refractivity contribution in [3.05, 3.63) is 111 Å². The summed E-state index contributed by atoms with van der Waals surface area (Å²) in [7, 11) is 1.57. The van der Waals surface area contributed by atoms with Crippen LogP contribution in [0.3, 0.4) is 0 Å². The molecule has 0 amide bonds. The molecule has 0 aliphatic carbocycles. The number of fused-ring (bicyclic) bond motifs is 2. The quantitative estimate of drug-likeness (QED) is 0.218. The first-order valence-corrected chi connectivity index (χ1v) is 12.9. The molecule has 0 bridgehead atoms. The van der Waals surface area contributed by atoms with Gasteiger partial charge < -0.3 is 18.9 Å². The van der Waals surface area contributed by atoms with E-state index in [4.69, 9.17) is 23.9 Å². The molecule has 1 aliphatic heterocycles. The molecule has 1 aromatic heterocycles. The van der Waals surface area contributed by atoms with Gasteiger partial charge in [-0.3, -0.25) is 4.79 Å². The van der Waals surface area contributed by atoms with Gasteiger partial charge in [-0.2, -0.15) is 9.78 Å². The fourth-order valence-electron chi connectivity index (χ4n) is 4.30. The molecule has 0 saturated heterocycles. The van der Waals surface area contributed by atoms with Gasteiger partial charge >= 0.3 is 0 Å². The Balaban J connectivity index is 1.41. The zero-order valence-electron chi connectivity index (χ0n) is 20.8. The van der Waals surface area contributed by atoms with Gasteiger partial charge in [0.25, 0.3) is 5.56 Å². The van der Waals surface area contributed by atoms with Gasteiger partial charge in [0.15, 0.2) is 28.8 Å². The van der Waals surface area contributed by atoms with Crippen LogP contribution in [0, 0.1) is 0 Å². The molecule has 0 spiro atoms. The number of nitrogens with zero attached hydrogens (tertiary/aromatic N) is 3. The van der Waals surface area contributed by atoms with Crippen molar-refractivity contribution >= 4 is 33.0 Å². The van der Waals surface area contributed by atoms with E-state index in [1.807, 2.05) is 78.9 Å². The van der Waals surface area contributed by atoms with Gasteiger partial charge in [-0.15, -0.1) is 0 Å². The third-order valence-corrected chi connectivity index (χ3v) is 6.64. The molecule has 2 heterocycles. The maximum atomic E-state index is 13.5. The average Bonchev–Trinajstić information content (AvgIpc) is 3.44. The average molecular weight is 584 g/mol. The summed E-state index contributed by atoms with van der Waals surface area (Å²) in [6.45, 7) is 0.455. The van der Waals surface area contributed by atoms with E-state index in [-0.39, 0.29) is 19.0 Å². The second-order valence-electron chi connectivity index (χ2n) is 8.68. The molecule has 5 aromatic rings. The van der Waals surface area contributed by atoms with Crippen LogP contribution in [-0.4, -0.2) is 29.8 Å². The lowest BCUT2D eigenvalue weighted by Gasteiger charge is -2.15. The molecule has 8 nitrogen and oxygen atoms in total. The SMILES string of the molecule is COc1cc(Br)cc(C=Nn2c(-c3ccccc3)nc3ccccc3c2=O)c1OCc1ccc2c(c1)OCO2. The Labute approximate surface area is 232 Å². The molecule has 4 aromatic carbocycles. The Bertz CT molecular complexity index is 1770. The van der Waals surface area contributed by atoms with Crippen LogP contribution in [-0.2, 0) is 6.61 Å². The largest absolute Gasteiger partial charge is 0.493 e. The van der Waals surface area contributed by atoms with E-state index in [2.05, 4.69) is 21.0 Å². The zero-order chi connectivity index (χ0) is 26.8. The van der Waals surface area contributed by atoms with Gasteiger partial charge in [0, 0.05) is 15.6 Å². The van der Waals surface area contributed by atoms with Crippen LogP contribution in [0.1, 0.15) is 11.1 Å². The summed E-state index contributed by atoms with van der Waals surface area (Å²) in [6.07, 6.45) is 1.58. The van der Waals surface area contributed by atoms with E-state index in [1.54, 1.807) is 19.4 Å². The van der Waals surface area contributed by atoms with Gasteiger partial charge in [0.05, 0.1) is 24.2 Å². The van der Waals surface area contributed by atoms with Crippen molar-refractivity contribution in [2.75, 3.05) is 13.9 Å². The normalized spacial score (nSPS) is 12.3. The smallest absolute Gasteiger partial charge is 0.282 e. The van der Waals surface area contributed by atoms with Crippen molar-refractivity contribution in [2.24, 2.45) is 5.10 Å². The summed E-state index contributed by atoms with van der Waals surface area (Å²) in [4.78, 5) is 18.3. The Kier molecular flexibility index (Phi) is 6.73. The maximum Gasteiger partial charge on any atom is 0.282 e. The van der Waals surface area contributed by atoms with Crippen molar-refractivity contribution in [2.45, 2.75) is 6.61 Å². The number of aromatic nitrogens is 2. The third-order valence-electron chi connectivity index (χ3n) is 6.19. The number of rotatable bonds is 7. The fraction of sp³-hybridized carbons (Fsp3) is 0.100. The second kappa shape index (κ2) is 10.6. The molecular weight excluding hydrogens is 562 g/mol. The Morgan fingerprint density at radius 2 is 1.79 bits per heavy atom. The van der Waals surface area contributed by atoms with E-state index in [0.29, 0.717) is 45.3 Å². The Morgan fingerprint density at radius 1 is 1.00 bits per heavy atom. The number of ether oxygens (including phenoxy) is 4. The zero-order valence-corrected chi connectivity index (χ0v) is 22.4. The molecule has 39 heavy (non-hydrogen) atoms. The van der Waals surface area contributed by atoms with Crippen molar-refractivity contribution < 1.29 is 18.9 Å². The predicted molar refractivity (Wildman–Crippen MR) is 152 cm³/mol. The molecule has 194 valence electrons. The Hall–Kier alpha value is -4.63. The summed E-state index contributed by atoms with van der Waals surface area (Å²) < 4.78 is 24.8. The van der Waals surface area contributed by atoms with Crippen LogP contribution in [0.5, 0.6) is 23.0 Å². The Morgan fingerprint density at radius 3 is 2.64 bits per heavy atom. The van der Waals surface area contributed by atoms with Crippen LogP contribution < -0.4 is 24.5 Å². The van der Waals surface area contributed by atoms with Crippen LogP contribution in [0.2, 0.25) is 0 Å². The van der Waals surface area contributed by atoms with Gasteiger partial charge in [0.2, 0.25) is 6.79 Å². The number of hydrogen-bond donors (Lipinski definition) is 0. The van der Waals surface area contributed by atoms with Gasteiger partial charge in [-0.1, -0.05) is 64.5 Å². The minimum absolute atomic E-state index is 0.203. The molecule has 1 aliphatic rings. The van der Waals surface area contributed by atoms with Crippen molar-refractivity contribution in [1.82, 2.24) is 9.66 Å². The first-order valence-electron chi connectivity index (χ1n) is 12.1. The monoisotopic (exact) mass is 583 g/mol. The molecule has 0 N–H and O–H groups in total. The molecule has 0 unspecified atom stereocenters. The van der Waals surface area contributed by atoms with Crippen molar-refractivity contribution in [1.29, 1.82) is 0 Å². The van der Waals surface area contributed by atoms with E-state index in [9.17, 15) is 4.79 Å². The highest BCUT2D eigenvalue weighted by atomic mass is 79.9. The lowest BCUT2D eigenvalue weighted by molar-refractivity contribution is 0.174. The van der Waals surface area contributed by atoms with Crippen LogP contribution >= 0.6 is 15.9 Å². The molecular formula is C30H22BrN3O5. The number of methoxy groups -OCH3 is 1. The van der Waals surface area contributed by atoms with Crippen molar-refractivity contribution in [3.63, 3.8) is 0 Å². The van der Waals surface area contributed by atoms with E-state index >= 15 is 0 Å². The molecule has 6 rings (SSSR count). The van der Waals surface area contributed by atoms with Gasteiger partial charge in [-0.05, 0) is 42.0 Å². The summed E-state index contributed by atoms with van der Waals surface area (Å²) in [6, 6.07) is 26.0. The minimum Gasteiger partial charge on any atom is -0.493 e. The van der Waals surface area contributed by atoms with Gasteiger partial charge in [0.1, 0.15) is 6.61 Å². The number of para-hydroxylation sites is 1. The maximum absolute atomic E-state index is 13.5. The van der Waals surface area contributed by atoms with Crippen LogP contribution in [0.15, 0.2) is 99.3 Å². The topological polar surface area (TPSA) is 84.2 Å². The van der Waals surface area contributed by atoms with E-state index in [1.165, 1.54) is 4.68 Å².